The van der Waals surface area contributed by atoms with Crippen LogP contribution in [0.2, 0.25) is 0 Å². The minimum atomic E-state index is -1.97. The Labute approximate surface area is 268 Å². The third-order valence-corrected chi connectivity index (χ3v) is 8.55. The standard InChI is InChI=1S/C36H43N3O7/c1-39-20-17-27(18-21-39)46-35(43)36(44,25-9-4-2-5-10-25)26-11-8-12-28(23-26)45-22-7-3-6-19-37-24-32(41)29-13-15-31(40)34-30(29)14-16-33(42)38-34/h2,4-5,8-16,23,27,32,37,40-41,44H,3,6-7,17-22,24H2,1H3,(H,38,42). The molecule has 244 valence electrons. The third kappa shape index (κ3) is 7.94. The molecule has 4 aromatic rings. The zero-order valence-electron chi connectivity index (χ0n) is 26.2. The molecule has 5 N–H and O–H groups in total. The zero-order valence-corrected chi connectivity index (χ0v) is 26.2. The molecule has 1 fully saturated rings. The van der Waals surface area contributed by atoms with Crippen LogP contribution in [0.1, 0.15) is 54.9 Å². The van der Waals surface area contributed by atoms with Gasteiger partial charge in [-0.2, -0.15) is 0 Å². The summed E-state index contributed by atoms with van der Waals surface area (Å²) in [5, 5.41) is 36.6. The van der Waals surface area contributed by atoms with Crippen molar-refractivity contribution in [2.75, 3.05) is 39.8 Å². The molecule has 0 aliphatic carbocycles. The topological polar surface area (TPSA) is 144 Å². The predicted octanol–water partition coefficient (Wildman–Crippen LogP) is 3.98. The Hall–Kier alpha value is -4.22. The molecule has 2 atom stereocenters. The van der Waals surface area contributed by atoms with Crippen molar-refractivity contribution in [3.63, 3.8) is 0 Å². The lowest BCUT2D eigenvalue weighted by Crippen LogP contribution is -2.43. The number of aromatic amines is 1. The summed E-state index contributed by atoms with van der Waals surface area (Å²) in [6, 6.07) is 22.0. The number of aromatic nitrogens is 1. The first-order chi connectivity index (χ1) is 22.3. The SMILES string of the molecule is CN1CCC(OC(=O)C(O)(c2ccccc2)c2cccc(OCCCCCNCC(O)c3ccc(O)c4[nH]c(=O)ccc34)c2)CC1. The number of esters is 1. The number of nitrogens with zero attached hydrogens (tertiary/aromatic N) is 1. The molecule has 2 heterocycles. The van der Waals surface area contributed by atoms with E-state index in [4.69, 9.17) is 9.47 Å². The number of unbranched alkanes of at least 4 members (excludes halogenated alkanes) is 2. The number of ether oxygens (including phenoxy) is 2. The monoisotopic (exact) mass is 629 g/mol. The lowest BCUT2D eigenvalue weighted by molar-refractivity contribution is -0.169. The van der Waals surface area contributed by atoms with Crippen molar-refractivity contribution in [2.24, 2.45) is 0 Å². The molecule has 10 nitrogen and oxygen atoms in total. The number of likely N-dealkylation sites (tertiary alicyclic amines) is 1. The molecule has 0 saturated carbocycles. The van der Waals surface area contributed by atoms with E-state index in [1.165, 1.54) is 12.1 Å². The van der Waals surface area contributed by atoms with Gasteiger partial charge in [-0.25, -0.2) is 4.79 Å². The fraction of sp³-hybridized carbons (Fsp3) is 0.389. The summed E-state index contributed by atoms with van der Waals surface area (Å²) in [6.07, 6.45) is 2.97. The van der Waals surface area contributed by atoms with E-state index < -0.39 is 17.7 Å². The first-order valence-corrected chi connectivity index (χ1v) is 15.9. The van der Waals surface area contributed by atoms with Crippen LogP contribution in [-0.4, -0.2) is 77.1 Å². The highest BCUT2D eigenvalue weighted by Gasteiger charge is 2.43. The van der Waals surface area contributed by atoms with Crippen molar-refractivity contribution in [3.05, 3.63) is 106 Å². The van der Waals surface area contributed by atoms with Gasteiger partial charge in [0, 0.05) is 36.7 Å². The van der Waals surface area contributed by atoms with Gasteiger partial charge >= 0.3 is 5.97 Å². The summed E-state index contributed by atoms with van der Waals surface area (Å²) >= 11 is 0. The molecule has 0 amide bonds. The van der Waals surface area contributed by atoms with Crippen molar-refractivity contribution in [3.8, 4) is 11.5 Å². The number of hydrogen-bond donors (Lipinski definition) is 5. The normalized spacial score (nSPS) is 16.2. The molecule has 1 aliphatic heterocycles. The number of H-pyrrole nitrogens is 1. The average molecular weight is 630 g/mol. The van der Waals surface area contributed by atoms with E-state index in [2.05, 4.69) is 15.2 Å². The van der Waals surface area contributed by atoms with Gasteiger partial charge in [0.1, 0.15) is 17.6 Å². The first kappa shape index (κ1) is 33.2. The molecular formula is C36H43N3O7. The summed E-state index contributed by atoms with van der Waals surface area (Å²) in [6.45, 7) is 3.16. The molecule has 5 rings (SSSR count). The average Bonchev–Trinajstić information content (AvgIpc) is 3.07. The molecule has 2 unspecified atom stereocenters. The van der Waals surface area contributed by atoms with E-state index in [1.54, 1.807) is 54.6 Å². The number of phenols is 1. The van der Waals surface area contributed by atoms with Gasteiger partial charge in [-0.3, -0.25) is 4.79 Å². The molecule has 1 aromatic heterocycles. The smallest absolute Gasteiger partial charge is 0.347 e. The van der Waals surface area contributed by atoms with Gasteiger partial charge in [0.2, 0.25) is 11.2 Å². The zero-order chi connectivity index (χ0) is 32.5. The van der Waals surface area contributed by atoms with E-state index in [0.29, 0.717) is 53.0 Å². The number of rotatable bonds is 14. The molecule has 3 aromatic carbocycles. The van der Waals surface area contributed by atoms with Crippen LogP contribution in [0.4, 0.5) is 0 Å². The Morgan fingerprint density at radius 2 is 1.76 bits per heavy atom. The van der Waals surface area contributed by atoms with Gasteiger partial charge in [-0.1, -0.05) is 48.5 Å². The summed E-state index contributed by atoms with van der Waals surface area (Å²) in [5.74, 6) is -0.165. The number of carbonyl (C=O) groups is 1. The van der Waals surface area contributed by atoms with Crippen LogP contribution in [0, 0.1) is 0 Å². The lowest BCUT2D eigenvalue weighted by atomic mass is 9.86. The van der Waals surface area contributed by atoms with Crippen LogP contribution in [-0.2, 0) is 15.1 Å². The van der Waals surface area contributed by atoms with Crippen molar-refractivity contribution >= 4 is 16.9 Å². The van der Waals surface area contributed by atoms with Gasteiger partial charge < -0.3 is 40.0 Å². The quantitative estimate of drug-likeness (QED) is 0.103. The number of pyridine rings is 1. The number of aromatic hydroxyl groups is 1. The minimum absolute atomic E-state index is 0.0389. The maximum atomic E-state index is 13.5. The molecule has 1 aliphatic rings. The van der Waals surface area contributed by atoms with Crippen molar-refractivity contribution < 1.29 is 29.6 Å². The fourth-order valence-electron chi connectivity index (χ4n) is 5.85. The van der Waals surface area contributed by atoms with Gasteiger partial charge in [-0.15, -0.1) is 0 Å². The Morgan fingerprint density at radius 3 is 2.54 bits per heavy atom. The highest BCUT2D eigenvalue weighted by atomic mass is 16.6. The molecule has 0 radical (unpaired) electrons. The first-order valence-electron chi connectivity index (χ1n) is 15.9. The van der Waals surface area contributed by atoms with Crippen molar-refractivity contribution in [1.82, 2.24) is 15.2 Å². The van der Waals surface area contributed by atoms with E-state index in [1.807, 2.05) is 19.2 Å². The largest absolute Gasteiger partial charge is 0.506 e. The highest BCUT2D eigenvalue weighted by Crippen LogP contribution is 2.34. The predicted molar refractivity (Wildman–Crippen MR) is 176 cm³/mol. The second-order valence-electron chi connectivity index (χ2n) is 11.9. The van der Waals surface area contributed by atoms with E-state index in [0.717, 1.165) is 45.2 Å². The van der Waals surface area contributed by atoms with Crippen molar-refractivity contribution in [2.45, 2.75) is 49.9 Å². The Morgan fingerprint density at radius 1 is 1.00 bits per heavy atom. The maximum absolute atomic E-state index is 13.5. The van der Waals surface area contributed by atoms with Crippen LogP contribution >= 0.6 is 0 Å². The molecule has 10 heteroatoms. The third-order valence-electron chi connectivity index (χ3n) is 8.55. The summed E-state index contributed by atoms with van der Waals surface area (Å²) in [4.78, 5) is 30.0. The summed E-state index contributed by atoms with van der Waals surface area (Å²) < 4.78 is 11.9. The Kier molecular flexibility index (Phi) is 11.1. The number of piperidine rings is 1. The number of fused-ring (bicyclic) bond motifs is 1. The summed E-state index contributed by atoms with van der Waals surface area (Å²) in [7, 11) is 2.04. The van der Waals surface area contributed by atoms with E-state index >= 15 is 0 Å². The van der Waals surface area contributed by atoms with E-state index in [9.17, 15) is 24.9 Å². The molecular weight excluding hydrogens is 586 g/mol. The highest BCUT2D eigenvalue weighted by molar-refractivity contribution is 5.87. The molecule has 0 spiro atoms. The maximum Gasteiger partial charge on any atom is 0.347 e. The van der Waals surface area contributed by atoms with Crippen LogP contribution in [0.15, 0.2) is 83.7 Å². The molecule has 1 saturated heterocycles. The Balaban J connectivity index is 1.10. The summed E-state index contributed by atoms with van der Waals surface area (Å²) in [5.41, 5.74) is -0.514. The Bertz CT molecular complexity index is 1650. The number of aliphatic hydroxyl groups is 2. The number of hydrogen-bond acceptors (Lipinski definition) is 9. The lowest BCUT2D eigenvalue weighted by Gasteiger charge is -2.33. The number of phenolic OH excluding ortho intramolecular Hbond substituents is 1. The number of nitrogens with one attached hydrogen (secondary N) is 2. The van der Waals surface area contributed by atoms with Gasteiger partial charge in [0.25, 0.3) is 0 Å². The van der Waals surface area contributed by atoms with Gasteiger partial charge in [-0.05, 0) is 81.1 Å². The van der Waals surface area contributed by atoms with Crippen LogP contribution < -0.4 is 15.6 Å². The second kappa shape index (κ2) is 15.4. The number of carbonyl (C=O) groups excluding carboxylic acids is 1. The number of aliphatic hydroxyl groups excluding tert-OH is 1. The van der Waals surface area contributed by atoms with Crippen LogP contribution in [0.3, 0.4) is 0 Å². The van der Waals surface area contributed by atoms with Gasteiger partial charge in [0.15, 0.2) is 0 Å². The second-order valence-corrected chi connectivity index (χ2v) is 11.9. The molecule has 46 heavy (non-hydrogen) atoms. The van der Waals surface area contributed by atoms with Crippen molar-refractivity contribution in [1.29, 1.82) is 0 Å². The molecule has 0 bridgehead atoms. The van der Waals surface area contributed by atoms with Gasteiger partial charge in [0.05, 0.1) is 18.2 Å². The van der Waals surface area contributed by atoms with Crippen LogP contribution in [0.5, 0.6) is 11.5 Å². The number of benzene rings is 3. The fourth-order valence-corrected chi connectivity index (χ4v) is 5.85. The minimum Gasteiger partial charge on any atom is -0.506 e. The van der Waals surface area contributed by atoms with Crippen LogP contribution in [0.25, 0.3) is 10.9 Å². The van der Waals surface area contributed by atoms with E-state index in [-0.39, 0.29) is 17.4 Å².